The van der Waals surface area contributed by atoms with Gasteiger partial charge in [-0.05, 0) is 70.2 Å². The van der Waals surface area contributed by atoms with E-state index in [-0.39, 0.29) is 0 Å². The van der Waals surface area contributed by atoms with Crippen LogP contribution in [0.1, 0.15) is 30.1 Å². The van der Waals surface area contributed by atoms with Crippen LogP contribution in [0.4, 0.5) is 11.4 Å². The quantitative estimate of drug-likeness (QED) is 0.469. The van der Waals surface area contributed by atoms with Crippen LogP contribution < -0.4 is 10.1 Å². The molecule has 31 heavy (non-hydrogen) atoms. The van der Waals surface area contributed by atoms with Crippen LogP contribution in [0.5, 0.6) is 5.75 Å². The summed E-state index contributed by atoms with van der Waals surface area (Å²) in [6, 6.07) is 14.9. The number of aryl methyl sites for hydroxylation is 1. The third-order valence-electron chi connectivity index (χ3n) is 6.29. The zero-order valence-electron chi connectivity index (χ0n) is 18.4. The lowest BCUT2D eigenvalue weighted by Crippen LogP contribution is -2.29. The lowest BCUT2D eigenvalue weighted by molar-refractivity contribution is 0.254. The number of anilines is 2. The fraction of sp³-hybridized carbons (Fsp3) is 0.320. The molecule has 0 saturated carbocycles. The van der Waals surface area contributed by atoms with Gasteiger partial charge < -0.3 is 24.5 Å². The first kappa shape index (κ1) is 19.7. The molecule has 0 amide bonds. The maximum Gasteiger partial charge on any atom is 0.144 e. The molecule has 2 aromatic carbocycles. The number of rotatable bonds is 5. The molecule has 1 fully saturated rings. The Hall–Kier alpha value is -3.25. The lowest BCUT2D eigenvalue weighted by Gasteiger charge is -2.28. The van der Waals surface area contributed by atoms with Crippen molar-refractivity contribution in [1.29, 1.82) is 0 Å². The Morgan fingerprint density at radius 2 is 1.97 bits per heavy atom. The number of benzene rings is 2. The van der Waals surface area contributed by atoms with Crippen molar-refractivity contribution in [1.82, 2.24) is 19.4 Å². The molecule has 0 aliphatic carbocycles. The van der Waals surface area contributed by atoms with E-state index in [9.17, 15) is 0 Å². The first-order valence-electron chi connectivity index (χ1n) is 10.9. The Labute approximate surface area is 182 Å². The van der Waals surface area contributed by atoms with Crippen LogP contribution in [0.2, 0.25) is 0 Å². The number of fused-ring (bicyclic) bond motifs is 1. The van der Waals surface area contributed by atoms with E-state index in [1.807, 2.05) is 30.1 Å². The zero-order valence-corrected chi connectivity index (χ0v) is 18.4. The second-order valence-electron chi connectivity index (χ2n) is 8.50. The van der Waals surface area contributed by atoms with Crippen LogP contribution in [-0.2, 0) is 0 Å². The van der Waals surface area contributed by atoms with Crippen molar-refractivity contribution in [3.05, 3.63) is 66.4 Å². The van der Waals surface area contributed by atoms with Crippen molar-refractivity contribution < 1.29 is 4.74 Å². The van der Waals surface area contributed by atoms with Gasteiger partial charge in [0.1, 0.15) is 5.75 Å². The topological polar surface area (TPSA) is 58.1 Å². The second-order valence-corrected chi connectivity index (χ2v) is 8.50. The number of hydrogen-bond acceptors (Lipinski definition) is 4. The fourth-order valence-corrected chi connectivity index (χ4v) is 4.50. The summed E-state index contributed by atoms with van der Waals surface area (Å²) < 4.78 is 7.65. The smallest absolute Gasteiger partial charge is 0.144 e. The summed E-state index contributed by atoms with van der Waals surface area (Å²) in [5.74, 6) is 1.41. The first-order valence-corrected chi connectivity index (χ1v) is 10.9. The zero-order chi connectivity index (χ0) is 21.4. The highest BCUT2D eigenvalue weighted by Crippen LogP contribution is 2.34. The van der Waals surface area contributed by atoms with Crippen molar-refractivity contribution in [3.63, 3.8) is 0 Å². The monoisotopic (exact) mass is 415 g/mol. The van der Waals surface area contributed by atoms with Crippen LogP contribution in [0, 0.1) is 6.92 Å². The summed E-state index contributed by atoms with van der Waals surface area (Å²) in [4.78, 5) is 10.4. The molecule has 3 heterocycles. The first-order chi connectivity index (χ1) is 15.1. The Bertz CT molecular complexity index is 1200. The van der Waals surface area contributed by atoms with Crippen molar-refractivity contribution in [3.8, 4) is 11.4 Å². The largest absolute Gasteiger partial charge is 0.494 e. The second kappa shape index (κ2) is 8.12. The number of nitrogens with zero attached hydrogens (tertiary/aromatic N) is 3. The summed E-state index contributed by atoms with van der Waals surface area (Å²) in [7, 11) is 3.91. The lowest BCUT2D eigenvalue weighted by atomic mass is 9.94. The molecular formula is C25H29N5O. The molecule has 4 aromatic rings. The molecule has 5 rings (SSSR count). The average Bonchev–Trinajstić information content (AvgIpc) is 3.41. The molecule has 0 radical (unpaired) electrons. The Morgan fingerprint density at radius 1 is 1.13 bits per heavy atom. The summed E-state index contributed by atoms with van der Waals surface area (Å²) in [6.45, 7) is 4.30. The minimum atomic E-state index is 0.606. The highest BCUT2D eigenvalue weighted by atomic mass is 16.5. The van der Waals surface area contributed by atoms with Gasteiger partial charge in [-0.3, -0.25) is 0 Å². The number of likely N-dealkylation sites (tertiary alicyclic amines) is 1. The average molecular weight is 416 g/mol. The van der Waals surface area contributed by atoms with Crippen molar-refractivity contribution in [2.24, 2.45) is 0 Å². The van der Waals surface area contributed by atoms with E-state index in [1.165, 1.54) is 29.4 Å². The molecule has 1 aliphatic heterocycles. The number of aromatic nitrogens is 3. The standard InChI is InChI=1S/C25H29N5O/c1-17-15-30(16-26-17)24-8-7-19(13-25(24)31-3)27-21-5-4-6-22-20(21)14-23(28-22)18-9-11-29(2)12-10-18/h4-8,13-16,18,27-28H,9-12H2,1-3H3. The van der Waals surface area contributed by atoms with Crippen molar-refractivity contribution in [2.45, 2.75) is 25.7 Å². The van der Waals surface area contributed by atoms with E-state index >= 15 is 0 Å². The van der Waals surface area contributed by atoms with E-state index in [0.717, 1.165) is 41.6 Å². The molecular weight excluding hydrogens is 386 g/mol. The number of H-pyrrole nitrogens is 1. The van der Waals surface area contributed by atoms with Gasteiger partial charge in [-0.1, -0.05) is 6.07 Å². The molecule has 1 aliphatic rings. The maximum absolute atomic E-state index is 5.67. The molecule has 2 aromatic heterocycles. The van der Waals surface area contributed by atoms with Gasteiger partial charge in [0.05, 0.1) is 24.8 Å². The van der Waals surface area contributed by atoms with Crippen LogP contribution in [0.3, 0.4) is 0 Å². The van der Waals surface area contributed by atoms with Gasteiger partial charge in [-0.25, -0.2) is 4.98 Å². The van der Waals surface area contributed by atoms with E-state index in [2.05, 4.69) is 63.6 Å². The van der Waals surface area contributed by atoms with Crippen LogP contribution in [-0.4, -0.2) is 46.7 Å². The van der Waals surface area contributed by atoms with Crippen molar-refractivity contribution >= 4 is 22.3 Å². The normalized spacial score (nSPS) is 15.5. The number of aromatic amines is 1. The van der Waals surface area contributed by atoms with Gasteiger partial charge in [0, 0.05) is 46.2 Å². The molecule has 2 N–H and O–H groups in total. The highest BCUT2D eigenvalue weighted by Gasteiger charge is 2.20. The summed E-state index contributed by atoms with van der Waals surface area (Å²) in [6.07, 6.45) is 6.22. The molecule has 0 unspecified atom stereocenters. The SMILES string of the molecule is COc1cc(Nc2cccc3[nH]c(C4CCN(C)CC4)cc23)ccc1-n1cnc(C)c1. The van der Waals surface area contributed by atoms with Gasteiger partial charge in [0.25, 0.3) is 0 Å². The number of piperidine rings is 1. The van der Waals surface area contributed by atoms with Gasteiger partial charge in [-0.15, -0.1) is 0 Å². The summed E-state index contributed by atoms with van der Waals surface area (Å²) >= 11 is 0. The number of imidazole rings is 1. The van der Waals surface area contributed by atoms with Crippen LogP contribution >= 0.6 is 0 Å². The highest BCUT2D eigenvalue weighted by molar-refractivity contribution is 5.94. The van der Waals surface area contributed by atoms with Gasteiger partial charge in [0.2, 0.25) is 0 Å². The molecule has 0 spiro atoms. The molecule has 6 nitrogen and oxygen atoms in total. The van der Waals surface area contributed by atoms with Gasteiger partial charge >= 0.3 is 0 Å². The number of hydrogen-bond donors (Lipinski definition) is 2. The number of nitrogens with one attached hydrogen (secondary N) is 2. The third-order valence-corrected chi connectivity index (χ3v) is 6.29. The van der Waals surface area contributed by atoms with E-state index < -0.39 is 0 Å². The van der Waals surface area contributed by atoms with Crippen molar-refractivity contribution in [2.75, 3.05) is 32.6 Å². The minimum absolute atomic E-state index is 0.606. The van der Waals surface area contributed by atoms with Gasteiger partial charge in [-0.2, -0.15) is 0 Å². The Kier molecular flexibility index (Phi) is 5.16. The molecule has 6 heteroatoms. The predicted octanol–water partition coefficient (Wildman–Crippen LogP) is 5.22. The minimum Gasteiger partial charge on any atom is -0.494 e. The summed E-state index contributed by atoms with van der Waals surface area (Å²) in [5, 5.41) is 4.82. The van der Waals surface area contributed by atoms with Crippen LogP contribution in [0.15, 0.2) is 55.0 Å². The van der Waals surface area contributed by atoms with Crippen LogP contribution in [0.25, 0.3) is 16.6 Å². The molecule has 1 saturated heterocycles. The number of methoxy groups -OCH3 is 1. The summed E-state index contributed by atoms with van der Waals surface area (Å²) in [5.41, 5.74) is 6.56. The van der Waals surface area contributed by atoms with Gasteiger partial charge in [0.15, 0.2) is 0 Å². The Balaban J connectivity index is 1.43. The fourth-order valence-electron chi connectivity index (χ4n) is 4.50. The van der Waals surface area contributed by atoms with E-state index in [1.54, 1.807) is 7.11 Å². The molecule has 0 bridgehead atoms. The Morgan fingerprint density at radius 3 is 2.71 bits per heavy atom. The van der Waals surface area contributed by atoms with E-state index in [4.69, 9.17) is 4.74 Å². The number of ether oxygens (including phenoxy) is 1. The van der Waals surface area contributed by atoms with E-state index in [0.29, 0.717) is 5.92 Å². The third kappa shape index (κ3) is 3.91. The molecule has 0 atom stereocenters. The molecule has 160 valence electrons. The maximum atomic E-state index is 5.67. The predicted molar refractivity (Wildman–Crippen MR) is 126 cm³/mol.